The Balaban J connectivity index is 1.88. The molecule has 0 atom stereocenters. The molecule has 3 aromatic rings. The van der Waals surface area contributed by atoms with E-state index in [1.165, 1.54) is 4.70 Å². The van der Waals surface area contributed by atoms with Gasteiger partial charge in [0.2, 0.25) is 0 Å². The first-order valence-corrected chi connectivity index (χ1v) is 7.37. The van der Waals surface area contributed by atoms with Gasteiger partial charge in [-0.25, -0.2) is 4.98 Å². The van der Waals surface area contributed by atoms with Crippen molar-refractivity contribution in [1.29, 1.82) is 0 Å². The average molecular weight is 297 g/mol. The lowest BCUT2D eigenvalue weighted by atomic mass is 10.2. The summed E-state index contributed by atoms with van der Waals surface area (Å²) < 4.78 is 11.7. The van der Waals surface area contributed by atoms with E-state index in [0.717, 1.165) is 27.6 Å². The summed E-state index contributed by atoms with van der Waals surface area (Å²) >= 11 is 1.68. The molecule has 3 nitrogen and oxygen atoms in total. The van der Waals surface area contributed by atoms with Gasteiger partial charge in [-0.05, 0) is 35.9 Å². The maximum atomic E-state index is 5.31. The fraction of sp³-hybridized carbons (Fsp3) is 0.118. The summed E-state index contributed by atoms with van der Waals surface area (Å²) in [5, 5.41) is 0.992. The molecule has 1 aromatic heterocycles. The van der Waals surface area contributed by atoms with E-state index >= 15 is 0 Å². The van der Waals surface area contributed by atoms with Crippen LogP contribution in [0, 0.1) is 0 Å². The lowest BCUT2D eigenvalue weighted by molar-refractivity contribution is 0.355. The number of methoxy groups -OCH3 is 2. The van der Waals surface area contributed by atoms with E-state index in [2.05, 4.69) is 11.1 Å². The van der Waals surface area contributed by atoms with Crippen LogP contribution >= 0.6 is 11.3 Å². The van der Waals surface area contributed by atoms with Crippen molar-refractivity contribution in [2.75, 3.05) is 14.2 Å². The summed E-state index contributed by atoms with van der Waals surface area (Å²) in [7, 11) is 3.27. The highest BCUT2D eigenvalue weighted by molar-refractivity contribution is 7.19. The Morgan fingerprint density at radius 3 is 2.52 bits per heavy atom. The first-order chi connectivity index (χ1) is 10.3. The van der Waals surface area contributed by atoms with Crippen LogP contribution in [-0.2, 0) is 0 Å². The molecule has 3 rings (SSSR count). The van der Waals surface area contributed by atoms with Gasteiger partial charge < -0.3 is 9.47 Å². The molecule has 0 N–H and O–H groups in total. The second kappa shape index (κ2) is 5.97. The van der Waals surface area contributed by atoms with Crippen LogP contribution in [0.1, 0.15) is 10.6 Å². The van der Waals surface area contributed by atoms with Crippen molar-refractivity contribution in [2.24, 2.45) is 0 Å². The third-order valence-corrected chi connectivity index (χ3v) is 4.14. The Kier molecular flexibility index (Phi) is 3.88. The monoisotopic (exact) mass is 297 g/mol. The van der Waals surface area contributed by atoms with Crippen molar-refractivity contribution >= 4 is 33.7 Å². The van der Waals surface area contributed by atoms with Gasteiger partial charge >= 0.3 is 0 Å². The van der Waals surface area contributed by atoms with Crippen molar-refractivity contribution in [3.8, 4) is 11.5 Å². The number of para-hydroxylation sites is 1. The fourth-order valence-corrected chi connectivity index (χ4v) is 2.96. The van der Waals surface area contributed by atoms with Crippen LogP contribution in [0.3, 0.4) is 0 Å². The summed E-state index contributed by atoms with van der Waals surface area (Å²) in [6, 6.07) is 14.0. The zero-order chi connectivity index (χ0) is 14.7. The van der Waals surface area contributed by atoms with Crippen LogP contribution in [0.5, 0.6) is 11.5 Å². The highest BCUT2D eigenvalue weighted by Crippen LogP contribution is 2.29. The molecule has 1 heterocycles. The topological polar surface area (TPSA) is 31.4 Å². The minimum Gasteiger partial charge on any atom is -0.493 e. The number of hydrogen-bond acceptors (Lipinski definition) is 4. The van der Waals surface area contributed by atoms with Crippen LogP contribution in [0.2, 0.25) is 0 Å². The highest BCUT2D eigenvalue weighted by Gasteiger charge is 2.03. The van der Waals surface area contributed by atoms with Crippen molar-refractivity contribution in [3.63, 3.8) is 0 Å². The molecule has 0 spiro atoms. The number of thiazole rings is 1. The predicted octanol–water partition coefficient (Wildman–Crippen LogP) is 4.48. The molecule has 0 saturated heterocycles. The number of ether oxygens (including phenoxy) is 2. The molecule has 0 amide bonds. The highest BCUT2D eigenvalue weighted by atomic mass is 32.1. The number of fused-ring (bicyclic) bond motifs is 1. The van der Waals surface area contributed by atoms with Crippen molar-refractivity contribution in [1.82, 2.24) is 4.98 Å². The quantitative estimate of drug-likeness (QED) is 0.711. The molecule has 4 heteroatoms. The van der Waals surface area contributed by atoms with Crippen LogP contribution < -0.4 is 9.47 Å². The summed E-state index contributed by atoms with van der Waals surface area (Å²) in [6.45, 7) is 0. The average Bonchev–Trinajstić information content (AvgIpc) is 2.95. The van der Waals surface area contributed by atoms with Gasteiger partial charge in [0, 0.05) is 0 Å². The van der Waals surface area contributed by atoms with Crippen molar-refractivity contribution < 1.29 is 9.47 Å². The normalized spacial score (nSPS) is 11.1. The van der Waals surface area contributed by atoms with Crippen LogP contribution in [0.15, 0.2) is 42.5 Å². The van der Waals surface area contributed by atoms with Gasteiger partial charge in [0.15, 0.2) is 11.5 Å². The smallest absolute Gasteiger partial charge is 0.161 e. The summed E-state index contributed by atoms with van der Waals surface area (Å²) in [5.74, 6) is 1.46. The lowest BCUT2D eigenvalue weighted by Crippen LogP contribution is -1.90. The molecule has 2 aromatic carbocycles. The molecule has 0 unspecified atom stereocenters. The summed E-state index contributed by atoms with van der Waals surface area (Å²) in [6.07, 6.45) is 4.05. The molecule has 0 saturated carbocycles. The Morgan fingerprint density at radius 2 is 1.76 bits per heavy atom. The second-order valence-electron chi connectivity index (χ2n) is 4.47. The number of aromatic nitrogens is 1. The van der Waals surface area contributed by atoms with E-state index < -0.39 is 0 Å². The number of nitrogens with zero attached hydrogens (tertiary/aromatic N) is 1. The molecule has 106 valence electrons. The van der Waals surface area contributed by atoms with Gasteiger partial charge in [0.25, 0.3) is 0 Å². The van der Waals surface area contributed by atoms with Crippen molar-refractivity contribution in [2.45, 2.75) is 0 Å². The molecular formula is C17H15NO2S. The van der Waals surface area contributed by atoms with Gasteiger partial charge in [-0.3, -0.25) is 0 Å². The fourth-order valence-electron chi connectivity index (χ4n) is 2.09. The molecule has 21 heavy (non-hydrogen) atoms. The van der Waals surface area contributed by atoms with E-state index in [9.17, 15) is 0 Å². The Labute approximate surface area is 127 Å². The van der Waals surface area contributed by atoms with E-state index in [1.807, 2.05) is 48.6 Å². The molecule has 0 radical (unpaired) electrons. The van der Waals surface area contributed by atoms with E-state index in [-0.39, 0.29) is 0 Å². The third kappa shape index (κ3) is 2.90. The lowest BCUT2D eigenvalue weighted by Gasteiger charge is -2.07. The van der Waals surface area contributed by atoms with Gasteiger partial charge in [0.05, 0.1) is 24.4 Å². The molecule has 0 bridgehead atoms. The number of rotatable bonds is 4. The van der Waals surface area contributed by atoms with Crippen LogP contribution in [-0.4, -0.2) is 19.2 Å². The van der Waals surface area contributed by atoms with Gasteiger partial charge in [-0.2, -0.15) is 0 Å². The minimum absolute atomic E-state index is 0.726. The van der Waals surface area contributed by atoms with E-state index in [0.29, 0.717) is 0 Å². The third-order valence-electron chi connectivity index (χ3n) is 3.14. The van der Waals surface area contributed by atoms with Gasteiger partial charge in [0.1, 0.15) is 5.01 Å². The van der Waals surface area contributed by atoms with Crippen LogP contribution in [0.4, 0.5) is 0 Å². The Hall–Kier alpha value is -2.33. The molecule has 0 fully saturated rings. The van der Waals surface area contributed by atoms with Gasteiger partial charge in [-0.1, -0.05) is 24.3 Å². The zero-order valence-corrected chi connectivity index (χ0v) is 12.7. The first-order valence-electron chi connectivity index (χ1n) is 6.56. The maximum absolute atomic E-state index is 5.31. The Morgan fingerprint density at radius 1 is 0.952 bits per heavy atom. The summed E-state index contributed by atoms with van der Waals surface area (Å²) in [4.78, 5) is 4.58. The van der Waals surface area contributed by atoms with Crippen molar-refractivity contribution in [3.05, 3.63) is 53.0 Å². The minimum atomic E-state index is 0.726. The number of benzene rings is 2. The number of hydrogen-bond donors (Lipinski definition) is 0. The van der Waals surface area contributed by atoms with E-state index in [4.69, 9.17) is 9.47 Å². The second-order valence-corrected chi connectivity index (χ2v) is 5.53. The standard InChI is InChI=1S/C17H15NO2S/c1-19-14-9-7-12(11-15(14)20-2)8-10-17-18-13-5-3-4-6-16(13)21-17/h3-11H,1-2H3/b10-8+. The maximum Gasteiger partial charge on any atom is 0.161 e. The van der Waals surface area contributed by atoms with Gasteiger partial charge in [-0.15, -0.1) is 11.3 Å². The predicted molar refractivity (Wildman–Crippen MR) is 88.1 cm³/mol. The molecule has 0 aliphatic heterocycles. The first kappa shape index (κ1) is 13.6. The Bertz CT molecular complexity index is 759. The zero-order valence-electron chi connectivity index (χ0n) is 11.9. The molecule has 0 aliphatic carbocycles. The molecular weight excluding hydrogens is 282 g/mol. The summed E-state index contributed by atoms with van der Waals surface area (Å²) in [5.41, 5.74) is 2.08. The van der Waals surface area contributed by atoms with E-state index in [1.54, 1.807) is 25.6 Å². The largest absolute Gasteiger partial charge is 0.493 e. The van der Waals surface area contributed by atoms with Crippen LogP contribution in [0.25, 0.3) is 22.4 Å². The SMILES string of the molecule is COc1ccc(/C=C/c2nc3ccccc3s2)cc1OC. The molecule has 0 aliphatic rings.